The molecule has 0 heterocycles. The Balaban J connectivity index is 5.11. The molecule has 0 aromatic carbocycles. The van der Waals surface area contributed by atoms with E-state index >= 15 is 0 Å². The van der Waals surface area contributed by atoms with E-state index in [1.54, 1.807) is 6.07 Å². The van der Waals surface area contributed by atoms with E-state index in [9.17, 15) is 8.42 Å². The van der Waals surface area contributed by atoms with Crippen molar-refractivity contribution in [2.75, 3.05) is 0 Å². The summed E-state index contributed by atoms with van der Waals surface area (Å²) in [5.74, 6) is 0. The third-order valence-electron chi connectivity index (χ3n) is 0.833. The lowest BCUT2D eigenvalue weighted by molar-refractivity contribution is 0.626. The molecular weight excluding hydrogens is 286 g/mol. The van der Waals surface area contributed by atoms with Crippen LogP contribution in [0.4, 0.5) is 0 Å². The molecule has 0 atom stereocenters. The zero-order valence-electron chi connectivity index (χ0n) is 4.93. The Morgan fingerprint density at radius 2 is 2.00 bits per heavy atom. The van der Waals surface area contributed by atoms with E-state index in [1.807, 2.05) is 0 Å². The van der Waals surface area contributed by atoms with Gasteiger partial charge in [-0.3, -0.25) is 0 Å². The minimum Gasteiger partial charge on any atom is -0.195 e. The van der Waals surface area contributed by atoms with E-state index in [0.29, 0.717) is 0 Å². The molecule has 0 aliphatic carbocycles. The second-order valence-corrected chi connectivity index (χ2v) is 6.00. The van der Waals surface area contributed by atoms with E-state index < -0.39 is 13.5 Å². The molecule has 0 aliphatic heterocycles. The Morgan fingerprint density at radius 1 is 1.60 bits per heavy atom. The van der Waals surface area contributed by atoms with Gasteiger partial charge in [-0.05, 0) is 38.8 Å². The largest absolute Gasteiger partial charge is 0.216 e. The third-order valence-corrected chi connectivity index (χ3v) is 3.71. The summed E-state index contributed by atoms with van der Waals surface area (Å²) < 4.78 is 19.3. The molecule has 0 fully saturated rings. The van der Waals surface area contributed by atoms with Gasteiger partial charge < -0.3 is 0 Å². The zero-order valence-corrected chi connectivity index (χ0v) is 8.92. The molecule has 0 unspecified atom stereocenters. The highest BCUT2D eigenvalue weighted by atomic mass is 79.9. The zero-order chi connectivity index (χ0) is 8.36. The van der Waals surface area contributed by atoms with Crippen LogP contribution in [0, 0.1) is 11.3 Å². The normalized spacial score (nSPS) is 10.2. The van der Waals surface area contributed by atoms with Crippen LogP contribution in [0.3, 0.4) is 0 Å². The number of halogens is 2. The number of nitriles is 1. The minimum absolute atomic E-state index is 0.00926. The number of hydrogen-bond donors (Lipinski definition) is 0. The van der Waals surface area contributed by atoms with Gasteiger partial charge in [0.25, 0.3) is 0 Å². The molecule has 10 heavy (non-hydrogen) atoms. The highest BCUT2D eigenvalue weighted by molar-refractivity contribution is 9.26. The summed E-state index contributed by atoms with van der Waals surface area (Å²) in [6.07, 6.45) is 0. The van der Waals surface area contributed by atoms with E-state index in [2.05, 4.69) is 31.9 Å². The van der Waals surface area contributed by atoms with Crippen LogP contribution in [0.2, 0.25) is 0 Å². The first-order chi connectivity index (χ1) is 4.41. The first-order valence-electron chi connectivity index (χ1n) is 2.14. The third kappa shape index (κ3) is 2.40. The lowest BCUT2D eigenvalue weighted by Gasteiger charge is -2.05. The Hall–Kier alpha value is 0.140. The highest BCUT2D eigenvalue weighted by Gasteiger charge is 2.26. The standard InChI is InChI=1S/C4H3Br2NO2S/c1-3(10(8)9)4(5,6)2-7/h1H3. The molecule has 6 heteroatoms. The molecule has 0 amide bonds. The Morgan fingerprint density at radius 3 is 2.10 bits per heavy atom. The van der Waals surface area contributed by atoms with Gasteiger partial charge in [-0.25, -0.2) is 0 Å². The smallest absolute Gasteiger partial charge is 0.195 e. The maximum absolute atomic E-state index is 10.3. The van der Waals surface area contributed by atoms with E-state index in [0.717, 1.165) is 0 Å². The van der Waals surface area contributed by atoms with Gasteiger partial charge in [0.05, 0.1) is 10.9 Å². The van der Waals surface area contributed by atoms with Gasteiger partial charge in [-0.15, -0.1) is 0 Å². The molecular formula is C4H3Br2NO2S. The monoisotopic (exact) mass is 287 g/mol. The SMILES string of the molecule is CC(=S(=O)=O)C(Br)(Br)C#N. The van der Waals surface area contributed by atoms with Crippen molar-refractivity contribution in [3.05, 3.63) is 0 Å². The summed E-state index contributed by atoms with van der Waals surface area (Å²) in [5, 5.41) is 8.38. The highest BCUT2D eigenvalue weighted by Crippen LogP contribution is 2.26. The molecule has 0 aromatic heterocycles. The topological polar surface area (TPSA) is 57.9 Å². The lowest BCUT2D eigenvalue weighted by Crippen LogP contribution is -2.19. The number of rotatable bonds is 1. The Kier molecular flexibility index (Phi) is 3.56. The van der Waals surface area contributed by atoms with E-state index in [1.165, 1.54) is 6.92 Å². The average Bonchev–Trinajstić information content (AvgIpc) is 1.86. The van der Waals surface area contributed by atoms with E-state index in [4.69, 9.17) is 5.26 Å². The molecule has 0 spiro atoms. The molecule has 0 saturated carbocycles. The fourth-order valence-electron chi connectivity index (χ4n) is 0.183. The van der Waals surface area contributed by atoms with Crippen LogP contribution in [0.1, 0.15) is 6.92 Å². The fraction of sp³-hybridized carbons (Fsp3) is 0.500. The van der Waals surface area contributed by atoms with Crippen molar-refractivity contribution in [1.29, 1.82) is 5.26 Å². The van der Waals surface area contributed by atoms with Crippen molar-refractivity contribution in [2.45, 2.75) is 10.2 Å². The molecule has 3 nitrogen and oxygen atoms in total. The first-order valence-corrected chi connectivity index (χ1v) is 4.80. The summed E-state index contributed by atoms with van der Waals surface area (Å²) in [6, 6.07) is 1.73. The molecule has 56 valence electrons. The molecule has 0 aromatic rings. The van der Waals surface area contributed by atoms with Crippen molar-refractivity contribution in [1.82, 2.24) is 0 Å². The van der Waals surface area contributed by atoms with Crippen molar-refractivity contribution in [3.8, 4) is 6.07 Å². The Labute approximate surface area is 76.8 Å². The predicted molar refractivity (Wildman–Crippen MR) is 45.8 cm³/mol. The lowest BCUT2D eigenvalue weighted by atomic mass is 10.4. The van der Waals surface area contributed by atoms with Crippen LogP contribution in [-0.4, -0.2) is 16.5 Å². The van der Waals surface area contributed by atoms with Crippen molar-refractivity contribution < 1.29 is 8.42 Å². The fourth-order valence-corrected chi connectivity index (χ4v) is 1.23. The number of hydrogen-bond acceptors (Lipinski definition) is 3. The van der Waals surface area contributed by atoms with Crippen LogP contribution in [-0.2, 0) is 10.3 Å². The van der Waals surface area contributed by atoms with Crippen LogP contribution in [0.15, 0.2) is 0 Å². The van der Waals surface area contributed by atoms with Gasteiger partial charge >= 0.3 is 0 Å². The van der Waals surface area contributed by atoms with Crippen molar-refractivity contribution in [3.63, 3.8) is 0 Å². The molecule has 0 radical (unpaired) electrons. The van der Waals surface area contributed by atoms with Crippen LogP contribution >= 0.6 is 31.9 Å². The summed E-state index contributed by atoms with van der Waals surface area (Å²) in [4.78, 5) is 0.00926. The van der Waals surface area contributed by atoms with Gasteiger partial charge in [-0.2, -0.15) is 13.7 Å². The number of nitrogens with zero attached hydrogens (tertiary/aromatic N) is 1. The molecule has 0 aliphatic rings. The van der Waals surface area contributed by atoms with Gasteiger partial charge in [0.15, 0.2) is 0 Å². The number of alkyl halides is 2. The summed E-state index contributed by atoms with van der Waals surface area (Å²) >= 11 is 5.74. The Bertz CT molecular complexity index is 290. The average molecular weight is 289 g/mol. The van der Waals surface area contributed by atoms with Gasteiger partial charge in [-0.1, -0.05) is 0 Å². The van der Waals surface area contributed by atoms with Crippen molar-refractivity contribution >= 4 is 47.0 Å². The van der Waals surface area contributed by atoms with Gasteiger partial charge in [0.1, 0.15) is 0 Å². The van der Waals surface area contributed by atoms with Crippen LogP contribution in [0.5, 0.6) is 0 Å². The molecule has 0 rings (SSSR count). The maximum atomic E-state index is 10.3. The molecule has 0 saturated heterocycles. The summed E-state index contributed by atoms with van der Waals surface area (Å²) in [7, 11) is -2.33. The summed E-state index contributed by atoms with van der Waals surface area (Å²) in [5.41, 5.74) is 0. The van der Waals surface area contributed by atoms with Crippen molar-refractivity contribution in [2.24, 2.45) is 0 Å². The van der Waals surface area contributed by atoms with E-state index in [-0.39, 0.29) is 4.86 Å². The second kappa shape index (κ2) is 3.51. The van der Waals surface area contributed by atoms with Crippen LogP contribution < -0.4 is 0 Å². The van der Waals surface area contributed by atoms with Crippen LogP contribution in [0.25, 0.3) is 0 Å². The van der Waals surface area contributed by atoms with Gasteiger partial charge in [0, 0.05) is 0 Å². The molecule has 0 N–H and O–H groups in total. The minimum atomic E-state index is -2.33. The van der Waals surface area contributed by atoms with Gasteiger partial charge in [0.2, 0.25) is 13.5 Å². The summed E-state index contributed by atoms with van der Waals surface area (Å²) in [6.45, 7) is 1.34. The maximum Gasteiger partial charge on any atom is 0.216 e. The first kappa shape index (κ1) is 10.1. The predicted octanol–water partition coefficient (Wildman–Crippen LogP) is 1.07. The molecule has 0 bridgehead atoms. The quantitative estimate of drug-likeness (QED) is 0.536. The second-order valence-electron chi connectivity index (χ2n) is 1.48.